The van der Waals surface area contributed by atoms with Crippen LogP contribution in [0.2, 0.25) is 0 Å². The Morgan fingerprint density at radius 1 is 1.30 bits per heavy atom. The molecule has 0 radical (unpaired) electrons. The third kappa shape index (κ3) is 5.57. The topological polar surface area (TPSA) is 118 Å². The van der Waals surface area contributed by atoms with Crippen molar-refractivity contribution in [3.63, 3.8) is 0 Å². The summed E-state index contributed by atoms with van der Waals surface area (Å²) in [4.78, 5) is 27.8. The standard InChI is InChI=1S/C20H23N5O4S/c1-13-4-5-15(14(2)10-13)11-29-17-16(19(26)27)18(30-24-17)23-20(28)22-6-3-8-25-9-7-21-12-25/h4-5,7,9-10,12H,3,6,8,11H2,1-2H3,(H,26,27)(H2,22,23,28). The number of amides is 2. The third-order valence-electron chi connectivity index (χ3n) is 4.40. The zero-order chi connectivity index (χ0) is 21.5. The second kappa shape index (κ2) is 9.88. The zero-order valence-corrected chi connectivity index (χ0v) is 17.5. The minimum absolute atomic E-state index is 0.0112. The van der Waals surface area contributed by atoms with Gasteiger partial charge in [0.1, 0.15) is 11.6 Å². The molecule has 0 spiro atoms. The molecule has 0 fully saturated rings. The van der Waals surface area contributed by atoms with E-state index in [1.165, 1.54) is 0 Å². The number of nitrogens with zero attached hydrogens (tertiary/aromatic N) is 3. The van der Waals surface area contributed by atoms with Gasteiger partial charge in [0.2, 0.25) is 5.88 Å². The van der Waals surface area contributed by atoms with Gasteiger partial charge in [-0.1, -0.05) is 23.8 Å². The Balaban J connectivity index is 1.56. The van der Waals surface area contributed by atoms with Crippen molar-refractivity contribution in [2.45, 2.75) is 33.4 Å². The first-order chi connectivity index (χ1) is 14.4. The minimum Gasteiger partial charge on any atom is -0.477 e. The Hall–Kier alpha value is -3.40. The second-order valence-corrected chi connectivity index (χ2v) is 7.52. The van der Waals surface area contributed by atoms with E-state index in [1.54, 1.807) is 12.5 Å². The summed E-state index contributed by atoms with van der Waals surface area (Å²) < 4.78 is 11.6. The highest BCUT2D eigenvalue weighted by atomic mass is 32.1. The molecule has 0 unspecified atom stereocenters. The molecule has 3 aromatic rings. The van der Waals surface area contributed by atoms with Gasteiger partial charge in [-0.2, -0.15) is 4.37 Å². The van der Waals surface area contributed by atoms with E-state index in [1.807, 2.05) is 42.8 Å². The van der Waals surface area contributed by atoms with Crippen molar-refractivity contribution in [3.05, 3.63) is 59.2 Å². The van der Waals surface area contributed by atoms with Gasteiger partial charge in [-0.15, -0.1) is 0 Å². The molecular weight excluding hydrogens is 406 g/mol. The van der Waals surface area contributed by atoms with Gasteiger partial charge in [-0.05, 0) is 42.9 Å². The molecule has 0 aliphatic carbocycles. The minimum atomic E-state index is -1.21. The summed E-state index contributed by atoms with van der Waals surface area (Å²) in [5.74, 6) is -1.22. The van der Waals surface area contributed by atoms with Crippen molar-refractivity contribution < 1.29 is 19.4 Å². The summed E-state index contributed by atoms with van der Waals surface area (Å²) in [6, 6.07) is 5.44. The summed E-state index contributed by atoms with van der Waals surface area (Å²) in [5.41, 5.74) is 2.97. The first-order valence-corrected chi connectivity index (χ1v) is 10.1. The number of aromatic carboxylic acids is 1. The number of aryl methyl sites for hydroxylation is 3. The second-order valence-electron chi connectivity index (χ2n) is 6.75. The van der Waals surface area contributed by atoms with Crippen LogP contribution in [0.25, 0.3) is 0 Å². The Labute approximate surface area is 177 Å². The lowest BCUT2D eigenvalue weighted by Crippen LogP contribution is -2.30. The lowest BCUT2D eigenvalue weighted by atomic mass is 10.1. The SMILES string of the molecule is Cc1ccc(COc2nsc(NC(=O)NCCCn3ccnc3)c2C(=O)O)c(C)c1. The molecule has 0 bridgehead atoms. The number of urea groups is 1. The number of imidazole rings is 1. The molecule has 30 heavy (non-hydrogen) atoms. The largest absolute Gasteiger partial charge is 0.477 e. The molecule has 1 aromatic carbocycles. The molecule has 0 aliphatic heterocycles. The highest BCUT2D eigenvalue weighted by molar-refractivity contribution is 7.11. The van der Waals surface area contributed by atoms with Crippen LogP contribution in [0, 0.1) is 13.8 Å². The quantitative estimate of drug-likeness (QED) is 0.448. The molecule has 2 aromatic heterocycles. The van der Waals surface area contributed by atoms with Gasteiger partial charge in [0.25, 0.3) is 0 Å². The van der Waals surface area contributed by atoms with Crippen molar-refractivity contribution in [2.24, 2.45) is 0 Å². The van der Waals surface area contributed by atoms with Crippen LogP contribution >= 0.6 is 11.5 Å². The monoisotopic (exact) mass is 429 g/mol. The fourth-order valence-corrected chi connectivity index (χ4v) is 3.55. The Morgan fingerprint density at radius 2 is 2.13 bits per heavy atom. The molecule has 10 heteroatoms. The molecule has 9 nitrogen and oxygen atoms in total. The fraction of sp³-hybridized carbons (Fsp3) is 0.300. The van der Waals surface area contributed by atoms with Gasteiger partial charge in [0, 0.05) is 25.5 Å². The number of ether oxygens (including phenoxy) is 1. The molecule has 2 heterocycles. The van der Waals surface area contributed by atoms with Crippen LogP contribution in [0.1, 0.15) is 33.5 Å². The van der Waals surface area contributed by atoms with Crippen molar-refractivity contribution in [3.8, 4) is 5.88 Å². The zero-order valence-electron chi connectivity index (χ0n) is 16.7. The van der Waals surface area contributed by atoms with Gasteiger partial charge in [0.05, 0.1) is 6.33 Å². The van der Waals surface area contributed by atoms with E-state index in [0.717, 1.165) is 34.8 Å². The van der Waals surface area contributed by atoms with Crippen LogP contribution < -0.4 is 15.4 Å². The highest BCUT2D eigenvalue weighted by Crippen LogP contribution is 2.31. The van der Waals surface area contributed by atoms with Gasteiger partial charge in [-0.25, -0.2) is 14.6 Å². The van der Waals surface area contributed by atoms with E-state index >= 15 is 0 Å². The Kier molecular flexibility index (Phi) is 7.02. The molecule has 158 valence electrons. The van der Waals surface area contributed by atoms with Crippen LogP contribution in [-0.2, 0) is 13.2 Å². The van der Waals surface area contributed by atoms with Crippen molar-refractivity contribution in [1.82, 2.24) is 19.2 Å². The fourth-order valence-electron chi connectivity index (χ4n) is 2.83. The maximum atomic E-state index is 12.1. The number of anilines is 1. The van der Waals surface area contributed by atoms with Gasteiger partial charge >= 0.3 is 12.0 Å². The summed E-state index contributed by atoms with van der Waals surface area (Å²) in [5, 5.41) is 14.9. The first-order valence-electron chi connectivity index (χ1n) is 9.36. The summed E-state index contributed by atoms with van der Waals surface area (Å²) in [7, 11) is 0. The van der Waals surface area contributed by atoms with E-state index in [4.69, 9.17) is 4.74 Å². The number of carbonyl (C=O) groups excluding carboxylic acids is 1. The molecule has 0 atom stereocenters. The number of hydrogen-bond donors (Lipinski definition) is 3. The number of carboxylic acids is 1. The number of hydrogen-bond acceptors (Lipinski definition) is 6. The number of benzene rings is 1. The van der Waals surface area contributed by atoms with Crippen LogP contribution in [-0.4, -0.2) is 37.6 Å². The summed E-state index contributed by atoms with van der Waals surface area (Å²) in [6.45, 7) is 5.31. The van der Waals surface area contributed by atoms with Gasteiger partial charge < -0.3 is 19.7 Å². The van der Waals surface area contributed by atoms with E-state index in [2.05, 4.69) is 20.0 Å². The third-order valence-corrected chi connectivity index (χ3v) is 5.15. The van der Waals surface area contributed by atoms with Crippen molar-refractivity contribution in [2.75, 3.05) is 11.9 Å². The van der Waals surface area contributed by atoms with E-state index in [9.17, 15) is 14.7 Å². The molecule has 0 saturated carbocycles. The predicted molar refractivity (Wildman–Crippen MR) is 113 cm³/mol. The lowest BCUT2D eigenvalue weighted by Gasteiger charge is -2.09. The number of nitrogens with one attached hydrogen (secondary N) is 2. The maximum Gasteiger partial charge on any atom is 0.344 e. The average Bonchev–Trinajstić information content (AvgIpc) is 3.34. The maximum absolute atomic E-state index is 12.1. The Morgan fingerprint density at radius 3 is 2.83 bits per heavy atom. The van der Waals surface area contributed by atoms with Crippen molar-refractivity contribution >= 4 is 28.5 Å². The van der Waals surface area contributed by atoms with Crippen molar-refractivity contribution in [1.29, 1.82) is 0 Å². The van der Waals surface area contributed by atoms with Gasteiger partial charge in [0.15, 0.2) is 5.56 Å². The summed E-state index contributed by atoms with van der Waals surface area (Å²) in [6.07, 6.45) is 5.95. The summed E-state index contributed by atoms with van der Waals surface area (Å²) >= 11 is 0.872. The first kappa shape index (κ1) is 21.3. The molecule has 3 rings (SSSR count). The lowest BCUT2D eigenvalue weighted by molar-refractivity contribution is 0.0693. The highest BCUT2D eigenvalue weighted by Gasteiger charge is 2.23. The molecule has 0 aliphatic rings. The van der Waals surface area contributed by atoms with E-state index in [-0.39, 0.29) is 23.1 Å². The van der Waals surface area contributed by atoms with E-state index in [0.29, 0.717) is 13.0 Å². The molecular formula is C20H23N5O4S. The van der Waals surface area contributed by atoms with E-state index < -0.39 is 12.0 Å². The van der Waals surface area contributed by atoms with Crippen LogP contribution in [0.4, 0.5) is 9.80 Å². The number of rotatable bonds is 9. The molecule has 2 amide bonds. The van der Waals surface area contributed by atoms with Crippen LogP contribution in [0.5, 0.6) is 5.88 Å². The smallest absolute Gasteiger partial charge is 0.344 e. The van der Waals surface area contributed by atoms with Gasteiger partial charge in [-0.3, -0.25) is 5.32 Å². The molecule has 0 saturated heterocycles. The average molecular weight is 430 g/mol. The number of carboxylic acid groups (broad SMARTS) is 1. The number of aromatic nitrogens is 3. The van der Waals surface area contributed by atoms with Crippen LogP contribution in [0.3, 0.4) is 0 Å². The molecule has 3 N–H and O–H groups in total. The Bertz CT molecular complexity index is 1020. The normalized spacial score (nSPS) is 10.6. The number of carbonyl (C=O) groups is 2. The predicted octanol–water partition coefficient (Wildman–Crippen LogP) is 3.45. The van der Waals surface area contributed by atoms with Crippen LogP contribution in [0.15, 0.2) is 36.9 Å².